The number of nitrogens with one attached hydrogen (secondary N) is 1. The van der Waals surface area contributed by atoms with Gasteiger partial charge in [-0.25, -0.2) is 0 Å². The molecule has 1 aliphatic rings. The molecule has 1 aliphatic carbocycles. The molecule has 1 N–H and O–H groups in total. The molecule has 0 radical (unpaired) electrons. The van der Waals surface area contributed by atoms with E-state index in [1.54, 1.807) is 0 Å². The molecule has 0 heterocycles. The average Bonchev–Trinajstić information content (AvgIpc) is 2.90. The summed E-state index contributed by atoms with van der Waals surface area (Å²) in [4.78, 5) is 2.45. The number of nitrogens with zero attached hydrogens (tertiary/aromatic N) is 1. The van der Waals surface area contributed by atoms with Crippen molar-refractivity contribution in [1.82, 2.24) is 4.90 Å². The minimum atomic E-state index is 0.996. The first-order valence-corrected chi connectivity index (χ1v) is 7.23. The van der Waals surface area contributed by atoms with Crippen molar-refractivity contribution in [2.45, 2.75) is 38.6 Å². The molecule has 0 unspecified atom stereocenters. The van der Waals surface area contributed by atoms with Crippen LogP contribution in [0.2, 0.25) is 0 Å². The fourth-order valence-corrected chi connectivity index (χ4v) is 2.92. The van der Waals surface area contributed by atoms with Gasteiger partial charge in [-0.2, -0.15) is 0 Å². The molecule has 0 saturated heterocycles. The summed E-state index contributed by atoms with van der Waals surface area (Å²) < 4.78 is 0. The van der Waals surface area contributed by atoms with Gasteiger partial charge in [0.05, 0.1) is 0 Å². The van der Waals surface area contributed by atoms with E-state index in [2.05, 4.69) is 41.5 Å². The largest absolute Gasteiger partial charge is 0.388 e. The maximum Gasteiger partial charge on any atom is 0.0340 e. The van der Waals surface area contributed by atoms with Crippen LogP contribution >= 0.6 is 0 Å². The molecular weight excluding hydrogens is 220 g/mol. The first-order chi connectivity index (χ1) is 8.78. The van der Waals surface area contributed by atoms with Gasteiger partial charge in [-0.15, -0.1) is 0 Å². The van der Waals surface area contributed by atoms with Crippen LogP contribution in [0.25, 0.3) is 0 Å². The van der Waals surface area contributed by atoms with E-state index in [1.807, 2.05) is 7.05 Å². The molecule has 0 spiro atoms. The molecule has 0 bridgehead atoms. The van der Waals surface area contributed by atoms with Crippen LogP contribution in [-0.4, -0.2) is 25.5 Å². The van der Waals surface area contributed by atoms with Crippen molar-refractivity contribution < 1.29 is 0 Å². The third-order valence-electron chi connectivity index (χ3n) is 4.06. The topological polar surface area (TPSA) is 15.3 Å². The third kappa shape index (κ3) is 4.02. The van der Waals surface area contributed by atoms with Crippen molar-refractivity contribution in [3.63, 3.8) is 0 Å². The predicted molar refractivity (Wildman–Crippen MR) is 78.9 cm³/mol. The van der Waals surface area contributed by atoms with E-state index in [0.29, 0.717) is 0 Å². The van der Waals surface area contributed by atoms with Gasteiger partial charge in [-0.1, -0.05) is 37.8 Å². The van der Waals surface area contributed by atoms with Crippen molar-refractivity contribution in [1.29, 1.82) is 0 Å². The minimum absolute atomic E-state index is 0.996. The van der Waals surface area contributed by atoms with Crippen LogP contribution < -0.4 is 5.32 Å². The molecule has 0 amide bonds. The zero-order valence-corrected chi connectivity index (χ0v) is 11.8. The minimum Gasteiger partial charge on any atom is -0.388 e. The molecule has 1 fully saturated rings. The third-order valence-corrected chi connectivity index (χ3v) is 4.06. The normalized spacial score (nSPS) is 16.4. The quantitative estimate of drug-likeness (QED) is 0.822. The Morgan fingerprint density at radius 3 is 2.78 bits per heavy atom. The molecule has 18 heavy (non-hydrogen) atoms. The highest BCUT2D eigenvalue weighted by Crippen LogP contribution is 2.27. The van der Waals surface area contributed by atoms with Gasteiger partial charge in [0.1, 0.15) is 0 Å². The van der Waals surface area contributed by atoms with Crippen LogP contribution in [0.4, 0.5) is 5.69 Å². The van der Waals surface area contributed by atoms with Gasteiger partial charge in [-0.3, -0.25) is 0 Å². The highest BCUT2D eigenvalue weighted by molar-refractivity contribution is 5.44. The van der Waals surface area contributed by atoms with E-state index in [-0.39, 0.29) is 0 Å². The van der Waals surface area contributed by atoms with Gasteiger partial charge in [-0.05, 0) is 43.6 Å². The van der Waals surface area contributed by atoms with E-state index >= 15 is 0 Å². The molecule has 0 aromatic heterocycles. The van der Waals surface area contributed by atoms with Gasteiger partial charge in [0, 0.05) is 19.3 Å². The summed E-state index contributed by atoms with van der Waals surface area (Å²) in [6.07, 6.45) is 7.21. The number of hydrogen-bond acceptors (Lipinski definition) is 2. The fourth-order valence-electron chi connectivity index (χ4n) is 2.92. The lowest BCUT2D eigenvalue weighted by molar-refractivity contribution is 0.294. The van der Waals surface area contributed by atoms with Crippen LogP contribution in [0.3, 0.4) is 0 Å². The molecule has 0 aliphatic heterocycles. The Bertz CT molecular complexity index is 356. The SMILES string of the molecule is CNc1cccc(CN(C)CCC2CCCC2)c1. The molecule has 1 aromatic carbocycles. The Labute approximate surface area is 111 Å². The standard InChI is InChI=1S/C16H26N2/c1-17-16-9-5-8-15(12-16)13-18(2)11-10-14-6-3-4-7-14/h5,8-9,12,14,17H,3-4,6-7,10-11,13H2,1-2H3. The van der Waals surface area contributed by atoms with Crippen molar-refractivity contribution in [2.75, 3.05) is 26.0 Å². The Morgan fingerprint density at radius 1 is 1.28 bits per heavy atom. The van der Waals surface area contributed by atoms with Gasteiger partial charge >= 0.3 is 0 Å². The van der Waals surface area contributed by atoms with E-state index < -0.39 is 0 Å². The Balaban J connectivity index is 1.76. The zero-order valence-electron chi connectivity index (χ0n) is 11.8. The van der Waals surface area contributed by atoms with Crippen molar-refractivity contribution >= 4 is 5.69 Å². The lowest BCUT2D eigenvalue weighted by Crippen LogP contribution is -2.20. The second-order valence-corrected chi connectivity index (χ2v) is 5.63. The predicted octanol–water partition coefficient (Wildman–Crippen LogP) is 3.74. The smallest absolute Gasteiger partial charge is 0.0340 e. The van der Waals surface area contributed by atoms with E-state index in [1.165, 1.54) is 49.9 Å². The summed E-state index contributed by atoms with van der Waals surface area (Å²) >= 11 is 0. The molecule has 2 nitrogen and oxygen atoms in total. The Hall–Kier alpha value is -1.02. The Morgan fingerprint density at radius 2 is 2.06 bits per heavy atom. The maximum atomic E-state index is 3.20. The van der Waals surface area contributed by atoms with E-state index in [9.17, 15) is 0 Å². The van der Waals surface area contributed by atoms with Crippen LogP contribution in [0, 0.1) is 5.92 Å². The van der Waals surface area contributed by atoms with Gasteiger partial charge in [0.2, 0.25) is 0 Å². The van der Waals surface area contributed by atoms with Gasteiger partial charge in [0.15, 0.2) is 0 Å². The molecule has 1 saturated carbocycles. The number of hydrogen-bond donors (Lipinski definition) is 1. The van der Waals surface area contributed by atoms with Crippen molar-refractivity contribution in [3.05, 3.63) is 29.8 Å². The Kier molecular flexibility index (Phi) is 5.06. The molecule has 1 aromatic rings. The molecular formula is C16H26N2. The van der Waals surface area contributed by atoms with Crippen molar-refractivity contribution in [3.8, 4) is 0 Å². The van der Waals surface area contributed by atoms with Crippen LogP contribution in [0.15, 0.2) is 24.3 Å². The number of benzene rings is 1. The maximum absolute atomic E-state index is 3.20. The molecule has 2 rings (SSSR count). The lowest BCUT2D eigenvalue weighted by atomic mass is 10.0. The van der Waals surface area contributed by atoms with Crippen LogP contribution in [-0.2, 0) is 6.54 Å². The first kappa shape index (κ1) is 13.4. The highest BCUT2D eigenvalue weighted by atomic mass is 15.1. The lowest BCUT2D eigenvalue weighted by Gasteiger charge is -2.19. The first-order valence-electron chi connectivity index (χ1n) is 7.23. The second kappa shape index (κ2) is 6.79. The van der Waals surface area contributed by atoms with Gasteiger partial charge in [0.25, 0.3) is 0 Å². The molecule has 100 valence electrons. The van der Waals surface area contributed by atoms with Crippen LogP contribution in [0.5, 0.6) is 0 Å². The van der Waals surface area contributed by atoms with E-state index in [0.717, 1.165) is 12.5 Å². The number of anilines is 1. The second-order valence-electron chi connectivity index (χ2n) is 5.63. The molecule has 2 heteroatoms. The summed E-state index contributed by atoms with van der Waals surface area (Å²) in [5, 5.41) is 3.20. The summed E-state index contributed by atoms with van der Waals surface area (Å²) in [5.74, 6) is 0.996. The summed E-state index contributed by atoms with van der Waals surface area (Å²) in [6, 6.07) is 8.70. The summed E-state index contributed by atoms with van der Waals surface area (Å²) in [5.41, 5.74) is 2.60. The summed E-state index contributed by atoms with van der Waals surface area (Å²) in [6.45, 7) is 2.29. The summed E-state index contributed by atoms with van der Waals surface area (Å²) in [7, 11) is 4.21. The average molecular weight is 246 g/mol. The van der Waals surface area contributed by atoms with Gasteiger partial charge < -0.3 is 10.2 Å². The zero-order chi connectivity index (χ0) is 12.8. The molecule has 0 atom stereocenters. The van der Waals surface area contributed by atoms with E-state index in [4.69, 9.17) is 0 Å². The van der Waals surface area contributed by atoms with Crippen molar-refractivity contribution in [2.24, 2.45) is 5.92 Å². The monoisotopic (exact) mass is 246 g/mol. The number of rotatable bonds is 6. The van der Waals surface area contributed by atoms with Crippen LogP contribution in [0.1, 0.15) is 37.7 Å². The highest BCUT2D eigenvalue weighted by Gasteiger charge is 2.15. The fraction of sp³-hybridized carbons (Fsp3) is 0.625.